The molecule has 0 atom stereocenters. The van der Waals surface area contributed by atoms with Crippen molar-refractivity contribution >= 4 is 0 Å². The Labute approximate surface area is 117 Å². The van der Waals surface area contributed by atoms with Crippen LogP contribution in [0.15, 0.2) is 30.3 Å². The molecule has 19 heavy (non-hydrogen) atoms. The van der Waals surface area contributed by atoms with E-state index < -0.39 is 0 Å². The van der Waals surface area contributed by atoms with Gasteiger partial charge in [-0.15, -0.1) is 0 Å². The van der Waals surface area contributed by atoms with Gasteiger partial charge in [-0.1, -0.05) is 39.0 Å². The molecule has 1 aromatic rings. The molecule has 1 rings (SSSR count). The van der Waals surface area contributed by atoms with Crippen molar-refractivity contribution in [2.24, 2.45) is 5.41 Å². The Morgan fingerprint density at radius 2 is 1.37 bits per heavy atom. The van der Waals surface area contributed by atoms with Gasteiger partial charge in [0.15, 0.2) is 0 Å². The molecule has 0 bridgehead atoms. The molecule has 3 nitrogen and oxygen atoms in total. The predicted octanol–water partition coefficient (Wildman–Crippen LogP) is 3.25. The van der Waals surface area contributed by atoms with Gasteiger partial charge < -0.3 is 14.9 Å². The molecule has 0 aliphatic heterocycles. The Morgan fingerprint density at radius 1 is 0.895 bits per heavy atom. The molecular weight excluding hydrogens is 240 g/mol. The summed E-state index contributed by atoms with van der Waals surface area (Å²) in [5.74, 6) is 0.951. The van der Waals surface area contributed by atoms with E-state index in [1.807, 2.05) is 30.3 Å². The van der Waals surface area contributed by atoms with Gasteiger partial charge in [-0.3, -0.25) is 0 Å². The summed E-state index contributed by atoms with van der Waals surface area (Å²) in [5.41, 5.74) is 0.178. The molecule has 0 amide bonds. The van der Waals surface area contributed by atoms with Crippen LogP contribution >= 0.6 is 0 Å². The lowest BCUT2D eigenvalue weighted by Gasteiger charge is -2.33. The molecule has 3 heteroatoms. The SMILES string of the molecule is CC(C)(C)CC(C)(C)Oc1ccccc1.OCCO. The van der Waals surface area contributed by atoms with E-state index in [0.29, 0.717) is 0 Å². The van der Waals surface area contributed by atoms with Crippen LogP contribution in [0, 0.1) is 5.41 Å². The Balaban J connectivity index is 0.000000711. The first-order chi connectivity index (χ1) is 8.70. The summed E-state index contributed by atoms with van der Waals surface area (Å²) in [5, 5.41) is 15.2. The zero-order chi connectivity index (χ0) is 14.9. The summed E-state index contributed by atoms with van der Waals surface area (Å²) in [4.78, 5) is 0. The van der Waals surface area contributed by atoms with Gasteiger partial charge in [0.05, 0.1) is 13.2 Å². The number of ether oxygens (including phenoxy) is 1. The van der Waals surface area contributed by atoms with Crippen LogP contribution in [0.25, 0.3) is 0 Å². The first-order valence-electron chi connectivity index (χ1n) is 6.66. The number of aliphatic hydroxyl groups excluding tert-OH is 2. The third kappa shape index (κ3) is 10.5. The van der Waals surface area contributed by atoms with E-state index in [9.17, 15) is 0 Å². The quantitative estimate of drug-likeness (QED) is 0.881. The monoisotopic (exact) mass is 268 g/mol. The largest absolute Gasteiger partial charge is 0.488 e. The fourth-order valence-corrected chi connectivity index (χ4v) is 2.12. The number of para-hydroxylation sites is 1. The van der Waals surface area contributed by atoms with Gasteiger partial charge in [0, 0.05) is 0 Å². The Kier molecular flexibility index (Phi) is 7.72. The first kappa shape index (κ1) is 17.9. The maximum Gasteiger partial charge on any atom is 0.120 e. The summed E-state index contributed by atoms with van der Waals surface area (Å²) in [7, 11) is 0. The summed E-state index contributed by atoms with van der Waals surface area (Å²) in [6, 6.07) is 10.0. The van der Waals surface area contributed by atoms with E-state index in [-0.39, 0.29) is 24.2 Å². The lowest BCUT2D eigenvalue weighted by molar-refractivity contribution is 0.0622. The number of rotatable bonds is 4. The molecule has 0 saturated carbocycles. The molecule has 1 aromatic carbocycles. The number of hydrogen-bond acceptors (Lipinski definition) is 3. The molecule has 0 aliphatic carbocycles. The minimum absolute atomic E-state index is 0.112. The van der Waals surface area contributed by atoms with Crippen molar-refractivity contribution in [3.63, 3.8) is 0 Å². The highest BCUT2D eigenvalue weighted by molar-refractivity contribution is 5.21. The molecule has 0 aromatic heterocycles. The van der Waals surface area contributed by atoms with Crippen LogP contribution in [-0.4, -0.2) is 29.0 Å². The van der Waals surface area contributed by atoms with Gasteiger partial charge in [0.2, 0.25) is 0 Å². The Hall–Kier alpha value is -1.06. The Bertz CT molecular complexity index is 324. The second-order valence-corrected chi connectivity index (χ2v) is 6.36. The summed E-state index contributed by atoms with van der Waals surface area (Å²) in [6.45, 7) is 10.8. The van der Waals surface area contributed by atoms with Gasteiger partial charge in [0.1, 0.15) is 11.4 Å². The predicted molar refractivity (Wildman–Crippen MR) is 79.4 cm³/mol. The highest BCUT2D eigenvalue weighted by atomic mass is 16.5. The maximum absolute atomic E-state index is 7.62. The van der Waals surface area contributed by atoms with Gasteiger partial charge >= 0.3 is 0 Å². The van der Waals surface area contributed by atoms with Crippen molar-refractivity contribution in [1.29, 1.82) is 0 Å². The van der Waals surface area contributed by atoms with Crippen LogP contribution in [0.4, 0.5) is 0 Å². The molecule has 0 saturated heterocycles. The normalized spacial score (nSPS) is 11.5. The van der Waals surface area contributed by atoms with Crippen molar-refractivity contribution in [3.05, 3.63) is 30.3 Å². The minimum atomic E-state index is -0.125. The number of hydrogen-bond donors (Lipinski definition) is 2. The molecular formula is C16H28O3. The molecule has 0 spiro atoms. The van der Waals surface area contributed by atoms with Crippen LogP contribution in [-0.2, 0) is 0 Å². The summed E-state index contributed by atoms with van der Waals surface area (Å²) < 4.78 is 5.98. The van der Waals surface area contributed by atoms with E-state index in [4.69, 9.17) is 14.9 Å². The van der Waals surface area contributed by atoms with Crippen LogP contribution < -0.4 is 4.74 Å². The van der Waals surface area contributed by atoms with Crippen LogP contribution in [0.2, 0.25) is 0 Å². The standard InChI is InChI=1S/C14H22O.C2H6O2/c1-13(2,3)11-14(4,5)15-12-9-7-6-8-10-12;3-1-2-4/h6-10H,11H2,1-5H3;3-4H,1-2H2. The van der Waals surface area contributed by atoms with Gasteiger partial charge in [-0.25, -0.2) is 0 Å². The van der Waals surface area contributed by atoms with Crippen molar-refractivity contribution in [1.82, 2.24) is 0 Å². The molecule has 0 aliphatic rings. The molecule has 0 unspecified atom stereocenters. The summed E-state index contributed by atoms with van der Waals surface area (Å²) >= 11 is 0. The fraction of sp³-hybridized carbons (Fsp3) is 0.625. The highest BCUT2D eigenvalue weighted by Crippen LogP contribution is 2.30. The summed E-state index contributed by atoms with van der Waals surface area (Å²) in [6.07, 6.45) is 1.04. The van der Waals surface area contributed by atoms with Crippen LogP contribution in [0.1, 0.15) is 41.0 Å². The number of benzene rings is 1. The van der Waals surface area contributed by atoms with Gasteiger partial charge in [-0.2, -0.15) is 0 Å². The molecule has 0 fully saturated rings. The minimum Gasteiger partial charge on any atom is -0.488 e. The van der Waals surface area contributed by atoms with Crippen LogP contribution in [0.3, 0.4) is 0 Å². The lowest BCUT2D eigenvalue weighted by Crippen LogP contribution is -2.33. The van der Waals surface area contributed by atoms with Crippen LogP contribution in [0.5, 0.6) is 5.75 Å². The fourth-order valence-electron chi connectivity index (χ4n) is 2.12. The smallest absolute Gasteiger partial charge is 0.120 e. The topological polar surface area (TPSA) is 49.7 Å². The molecule has 110 valence electrons. The second-order valence-electron chi connectivity index (χ2n) is 6.36. The molecule has 2 N–H and O–H groups in total. The molecule has 0 heterocycles. The van der Waals surface area contributed by atoms with E-state index in [1.54, 1.807) is 0 Å². The number of aliphatic hydroxyl groups is 2. The van der Waals surface area contributed by atoms with E-state index in [1.165, 1.54) is 0 Å². The average molecular weight is 268 g/mol. The van der Waals surface area contributed by atoms with Crippen molar-refractivity contribution < 1.29 is 14.9 Å². The first-order valence-corrected chi connectivity index (χ1v) is 6.66. The highest BCUT2D eigenvalue weighted by Gasteiger charge is 2.26. The average Bonchev–Trinajstić information content (AvgIpc) is 2.26. The second kappa shape index (κ2) is 8.18. The maximum atomic E-state index is 7.62. The van der Waals surface area contributed by atoms with Crippen molar-refractivity contribution in [3.8, 4) is 5.75 Å². The van der Waals surface area contributed by atoms with E-state index in [0.717, 1.165) is 12.2 Å². The third-order valence-corrected chi connectivity index (χ3v) is 2.19. The van der Waals surface area contributed by atoms with Gasteiger partial charge in [-0.05, 0) is 37.8 Å². The third-order valence-electron chi connectivity index (χ3n) is 2.19. The van der Waals surface area contributed by atoms with Crippen molar-refractivity contribution in [2.75, 3.05) is 13.2 Å². The van der Waals surface area contributed by atoms with Crippen molar-refractivity contribution in [2.45, 2.75) is 46.6 Å². The Morgan fingerprint density at radius 3 is 1.74 bits per heavy atom. The molecule has 0 radical (unpaired) electrons. The van der Waals surface area contributed by atoms with E-state index >= 15 is 0 Å². The van der Waals surface area contributed by atoms with Gasteiger partial charge in [0.25, 0.3) is 0 Å². The zero-order valence-electron chi connectivity index (χ0n) is 12.8. The zero-order valence-corrected chi connectivity index (χ0v) is 12.8. The lowest BCUT2D eigenvalue weighted by atomic mass is 9.83. The van der Waals surface area contributed by atoms with E-state index in [2.05, 4.69) is 34.6 Å².